The van der Waals surface area contributed by atoms with Crippen LogP contribution in [0.4, 0.5) is 5.82 Å². The van der Waals surface area contributed by atoms with Gasteiger partial charge in [-0.15, -0.1) is 10.2 Å². The molecule has 21 heavy (non-hydrogen) atoms. The van der Waals surface area contributed by atoms with E-state index < -0.39 is 5.91 Å². The maximum Gasteiger partial charge on any atom is 0.314 e. The van der Waals surface area contributed by atoms with E-state index in [4.69, 9.17) is 20.5 Å². The molecular weight excluding hydrogens is 296 g/mol. The van der Waals surface area contributed by atoms with Crippen molar-refractivity contribution in [1.29, 1.82) is 0 Å². The van der Waals surface area contributed by atoms with Crippen LogP contribution in [0.3, 0.4) is 0 Å². The highest BCUT2D eigenvalue weighted by atomic mass is 35.5. The summed E-state index contributed by atoms with van der Waals surface area (Å²) in [6.45, 7) is 1.71. The molecule has 1 amide bonds. The van der Waals surface area contributed by atoms with E-state index in [1.54, 1.807) is 37.3 Å². The van der Waals surface area contributed by atoms with E-state index in [-0.39, 0.29) is 17.6 Å². The molecule has 7 nitrogen and oxygen atoms in total. The van der Waals surface area contributed by atoms with E-state index in [9.17, 15) is 4.79 Å². The van der Waals surface area contributed by atoms with Crippen LogP contribution in [0, 0.1) is 6.92 Å². The standard InChI is InChI=1S/C13H9ClN4O3/c1-7-6-10(18-21-7)15-11(19)13-17-16-12(20-13)8-4-2-3-5-9(8)14/h2-6H,1H3,(H,15,18,19). The maximum atomic E-state index is 11.9. The Hall–Kier alpha value is -2.67. The summed E-state index contributed by atoms with van der Waals surface area (Å²) in [6.07, 6.45) is 0. The van der Waals surface area contributed by atoms with Gasteiger partial charge in [-0.2, -0.15) is 0 Å². The van der Waals surface area contributed by atoms with Gasteiger partial charge >= 0.3 is 11.8 Å². The second kappa shape index (κ2) is 5.37. The number of halogens is 1. The van der Waals surface area contributed by atoms with Crippen LogP contribution in [0.15, 0.2) is 39.3 Å². The molecule has 0 atom stereocenters. The lowest BCUT2D eigenvalue weighted by Gasteiger charge is -1.97. The minimum Gasteiger partial charge on any atom is -0.412 e. The van der Waals surface area contributed by atoms with E-state index >= 15 is 0 Å². The van der Waals surface area contributed by atoms with Crippen molar-refractivity contribution in [2.45, 2.75) is 6.92 Å². The summed E-state index contributed by atoms with van der Waals surface area (Å²) in [6, 6.07) is 8.55. The maximum absolute atomic E-state index is 11.9. The van der Waals surface area contributed by atoms with Gasteiger partial charge in [0.05, 0.1) is 10.6 Å². The summed E-state index contributed by atoms with van der Waals surface area (Å²) in [4.78, 5) is 11.9. The van der Waals surface area contributed by atoms with Crippen LogP contribution in [0.1, 0.15) is 16.4 Å². The minimum absolute atomic E-state index is 0.169. The van der Waals surface area contributed by atoms with E-state index in [0.717, 1.165) is 0 Å². The predicted octanol–water partition coefficient (Wildman–Crippen LogP) is 2.94. The lowest BCUT2D eigenvalue weighted by Crippen LogP contribution is -2.12. The fourth-order valence-corrected chi connectivity index (χ4v) is 1.87. The van der Waals surface area contributed by atoms with E-state index in [1.165, 1.54) is 0 Å². The van der Waals surface area contributed by atoms with Crippen molar-refractivity contribution in [3.8, 4) is 11.5 Å². The Kier molecular flexibility index (Phi) is 3.41. The van der Waals surface area contributed by atoms with Gasteiger partial charge in [-0.05, 0) is 19.1 Å². The van der Waals surface area contributed by atoms with Gasteiger partial charge < -0.3 is 8.94 Å². The quantitative estimate of drug-likeness (QED) is 0.799. The lowest BCUT2D eigenvalue weighted by molar-refractivity contribution is 0.0990. The zero-order valence-electron chi connectivity index (χ0n) is 10.8. The number of carbonyl (C=O) groups is 1. The molecule has 3 rings (SSSR count). The monoisotopic (exact) mass is 304 g/mol. The first-order chi connectivity index (χ1) is 10.1. The Labute approximate surface area is 123 Å². The molecule has 0 saturated heterocycles. The molecule has 3 aromatic rings. The molecule has 2 aromatic heterocycles. The molecule has 0 unspecified atom stereocenters. The number of nitrogens with zero attached hydrogens (tertiary/aromatic N) is 3. The van der Waals surface area contributed by atoms with E-state index in [1.807, 2.05) is 0 Å². The van der Waals surface area contributed by atoms with Crippen LogP contribution in [-0.4, -0.2) is 21.3 Å². The highest BCUT2D eigenvalue weighted by molar-refractivity contribution is 6.33. The predicted molar refractivity (Wildman–Crippen MR) is 73.9 cm³/mol. The first-order valence-corrected chi connectivity index (χ1v) is 6.34. The van der Waals surface area contributed by atoms with Crippen LogP contribution in [0.5, 0.6) is 0 Å². The summed E-state index contributed by atoms with van der Waals surface area (Å²) >= 11 is 6.03. The average Bonchev–Trinajstić information content (AvgIpc) is 3.09. The topological polar surface area (TPSA) is 94.1 Å². The zero-order valence-corrected chi connectivity index (χ0v) is 11.6. The first kappa shape index (κ1) is 13.3. The van der Waals surface area contributed by atoms with Crippen molar-refractivity contribution in [2.24, 2.45) is 0 Å². The molecule has 1 aromatic carbocycles. The van der Waals surface area contributed by atoms with Gasteiger partial charge in [0, 0.05) is 6.07 Å². The Morgan fingerprint density at radius 2 is 2.10 bits per heavy atom. The summed E-state index contributed by atoms with van der Waals surface area (Å²) in [5.41, 5.74) is 0.558. The third-order valence-corrected chi connectivity index (χ3v) is 2.92. The van der Waals surface area contributed by atoms with Crippen LogP contribution < -0.4 is 5.32 Å². The summed E-state index contributed by atoms with van der Waals surface area (Å²) in [5, 5.41) is 14.1. The lowest BCUT2D eigenvalue weighted by atomic mass is 10.2. The smallest absolute Gasteiger partial charge is 0.314 e. The third-order valence-electron chi connectivity index (χ3n) is 2.59. The molecule has 0 radical (unpaired) electrons. The van der Waals surface area contributed by atoms with Crippen LogP contribution in [0.2, 0.25) is 5.02 Å². The molecule has 0 spiro atoms. The van der Waals surface area contributed by atoms with Crippen LogP contribution >= 0.6 is 11.6 Å². The molecule has 2 heterocycles. The minimum atomic E-state index is -0.575. The number of amides is 1. The highest BCUT2D eigenvalue weighted by Gasteiger charge is 2.18. The Morgan fingerprint density at radius 1 is 1.29 bits per heavy atom. The van der Waals surface area contributed by atoms with Gasteiger partial charge in [0.1, 0.15) is 5.76 Å². The van der Waals surface area contributed by atoms with E-state index in [2.05, 4.69) is 20.7 Å². The fourth-order valence-electron chi connectivity index (χ4n) is 1.65. The van der Waals surface area contributed by atoms with Gasteiger partial charge in [-0.3, -0.25) is 10.1 Å². The first-order valence-electron chi connectivity index (χ1n) is 5.96. The Morgan fingerprint density at radius 3 is 2.81 bits per heavy atom. The van der Waals surface area contributed by atoms with Crippen molar-refractivity contribution in [3.63, 3.8) is 0 Å². The normalized spacial score (nSPS) is 10.6. The number of aromatic nitrogens is 3. The van der Waals surface area contributed by atoms with Crippen molar-refractivity contribution >= 4 is 23.3 Å². The summed E-state index contributed by atoms with van der Waals surface area (Å²) < 4.78 is 10.2. The van der Waals surface area contributed by atoms with Crippen molar-refractivity contribution < 1.29 is 13.7 Å². The number of benzene rings is 1. The second-order valence-electron chi connectivity index (χ2n) is 4.17. The highest BCUT2D eigenvalue weighted by Crippen LogP contribution is 2.26. The summed E-state index contributed by atoms with van der Waals surface area (Å²) in [5.74, 6) is 0.254. The van der Waals surface area contributed by atoms with Gasteiger partial charge in [0.15, 0.2) is 5.82 Å². The number of rotatable bonds is 3. The Balaban J connectivity index is 1.82. The summed E-state index contributed by atoms with van der Waals surface area (Å²) in [7, 11) is 0. The number of aryl methyl sites for hydroxylation is 1. The molecule has 8 heteroatoms. The number of nitrogens with one attached hydrogen (secondary N) is 1. The molecule has 0 aliphatic rings. The van der Waals surface area contributed by atoms with Crippen LogP contribution in [0.25, 0.3) is 11.5 Å². The molecule has 1 N–H and O–H groups in total. The zero-order chi connectivity index (χ0) is 14.8. The molecule has 0 fully saturated rings. The number of anilines is 1. The molecular formula is C13H9ClN4O3. The fraction of sp³-hybridized carbons (Fsp3) is 0.0769. The number of hydrogen-bond acceptors (Lipinski definition) is 6. The van der Waals surface area contributed by atoms with Crippen molar-refractivity contribution in [2.75, 3.05) is 5.32 Å². The van der Waals surface area contributed by atoms with E-state index in [0.29, 0.717) is 16.3 Å². The molecule has 0 aliphatic carbocycles. The molecule has 0 aliphatic heterocycles. The molecule has 0 saturated carbocycles. The molecule has 106 valence electrons. The molecule has 0 bridgehead atoms. The number of hydrogen-bond donors (Lipinski definition) is 1. The average molecular weight is 305 g/mol. The second-order valence-corrected chi connectivity index (χ2v) is 4.58. The van der Waals surface area contributed by atoms with Crippen molar-refractivity contribution in [3.05, 3.63) is 47.0 Å². The largest absolute Gasteiger partial charge is 0.412 e. The van der Waals surface area contributed by atoms with Crippen LogP contribution in [-0.2, 0) is 0 Å². The Bertz CT molecular complexity index is 796. The van der Waals surface area contributed by atoms with Gasteiger partial charge in [0.25, 0.3) is 0 Å². The van der Waals surface area contributed by atoms with Gasteiger partial charge in [-0.25, -0.2) is 0 Å². The van der Waals surface area contributed by atoms with Gasteiger partial charge in [-0.1, -0.05) is 28.9 Å². The third kappa shape index (κ3) is 2.77. The SMILES string of the molecule is Cc1cc(NC(=O)c2nnc(-c3ccccc3Cl)o2)no1. The number of carbonyl (C=O) groups excluding carboxylic acids is 1. The van der Waals surface area contributed by atoms with Gasteiger partial charge in [0.2, 0.25) is 5.89 Å². The van der Waals surface area contributed by atoms with Crippen molar-refractivity contribution in [1.82, 2.24) is 15.4 Å².